The van der Waals surface area contributed by atoms with E-state index in [0.29, 0.717) is 19.4 Å². The number of carbonyl (C=O) groups is 2. The van der Waals surface area contributed by atoms with Crippen molar-refractivity contribution in [1.29, 1.82) is 0 Å². The van der Waals surface area contributed by atoms with Gasteiger partial charge in [0.05, 0.1) is 25.4 Å². The summed E-state index contributed by atoms with van der Waals surface area (Å²) < 4.78 is 5.46. The van der Waals surface area contributed by atoms with Crippen molar-refractivity contribution in [3.05, 3.63) is 24.3 Å². The maximum absolute atomic E-state index is 12.5. The zero-order valence-corrected chi connectivity index (χ0v) is 48.0. The smallest absolute Gasteiger partial charge is 0.305 e. The molecule has 6 nitrogen and oxygen atoms in total. The van der Waals surface area contributed by atoms with Crippen LogP contribution >= 0.6 is 0 Å². The fourth-order valence-electron chi connectivity index (χ4n) is 10.0. The molecule has 0 saturated heterocycles. The van der Waals surface area contributed by atoms with E-state index in [-0.39, 0.29) is 18.5 Å². The van der Waals surface area contributed by atoms with E-state index < -0.39 is 12.1 Å². The summed E-state index contributed by atoms with van der Waals surface area (Å²) in [6.45, 7) is 4.89. The Kier molecular flexibility index (Phi) is 59.5. The number of rotatable bonds is 60. The van der Waals surface area contributed by atoms with Crippen LogP contribution in [0, 0.1) is 0 Å². The molecule has 1 amide bonds. The Morgan fingerprint density at radius 1 is 0.380 bits per heavy atom. The number of allylic oxidation sites excluding steroid dienone is 3. The molecule has 0 aromatic carbocycles. The van der Waals surface area contributed by atoms with Gasteiger partial charge in [-0.1, -0.05) is 314 Å². The predicted octanol–water partition coefficient (Wildman–Crippen LogP) is 20.2. The zero-order valence-electron chi connectivity index (χ0n) is 48.0. The minimum absolute atomic E-state index is 0.00602. The van der Waals surface area contributed by atoms with Crippen LogP contribution < -0.4 is 5.32 Å². The monoisotopic (exact) mass is 1000 g/mol. The molecule has 0 rings (SSSR count). The second kappa shape index (κ2) is 60.9. The molecule has 2 unspecified atom stereocenters. The first-order chi connectivity index (χ1) is 35.0. The molecule has 0 aliphatic rings. The Labute approximate surface area is 443 Å². The number of carbonyl (C=O) groups excluding carboxylic acids is 2. The van der Waals surface area contributed by atoms with Crippen molar-refractivity contribution < 1.29 is 24.5 Å². The lowest BCUT2D eigenvalue weighted by Crippen LogP contribution is -2.45. The van der Waals surface area contributed by atoms with Gasteiger partial charge in [0.2, 0.25) is 5.91 Å². The number of aliphatic hydroxyl groups is 2. The highest BCUT2D eigenvalue weighted by atomic mass is 16.5. The van der Waals surface area contributed by atoms with E-state index in [9.17, 15) is 19.8 Å². The van der Waals surface area contributed by atoms with Gasteiger partial charge in [0.1, 0.15) is 0 Å². The summed E-state index contributed by atoms with van der Waals surface area (Å²) in [7, 11) is 0. The number of aliphatic hydroxyl groups excluding tert-OH is 2. The summed E-state index contributed by atoms with van der Waals surface area (Å²) in [5, 5.41) is 23.2. The van der Waals surface area contributed by atoms with Crippen molar-refractivity contribution in [2.75, 3.05) is 13.2 Å². The van der Waals surface area contributed by atoms with Gasteiger partial charge in [-0.15, -0.1) is 0 Å². The van der Waals surface area contributed by atoms with Gasteiger partial charge < -0.3 is 20.3 Å². The molecule has 3 N–H and O–H groups in total. The van der Waals surface area contributed by atoms with Crippen molar-refractivity contribution in [2.24, 2.45) is 0 Å². The molecule has 0 spiro atoms. The van der Waals surface area contributed by atoms with Gasteiger partial charge in [-0.3, -0.25) is 9.59 Å². The van der Waals surface area contributed by atoms with Gasteiger partial charge in [-0.25, -0.2) is 0 Å². The molecule has 71 heavy (non-hydrogen) atoms. The number of nitrogens with one attached hydrogen (secondary N) is 1. The average Bonchev–Trinajstić information content (AvgIpc) is 3.37. The van der Waals surface area contributed by atoms with Gasteiger partial charge in [0, 0.05) is 12.8 Å². The highest BCUT2D eigenvalue weighted by molar-refractivity contribution is 5.76. The van der Waals surface area contributed by atoms with E-state index in [1.165, 1.54) is 283 Å². The number of esters is 1. The average molecular weight is 1000 g/mol. The zero-order chi connectivity index (χ0) is 51.4. The molecular weight excluding hydrogens is 875 g/mol. The van der Waals surface area contributed by atoms with Crippen molar-refractivity contribution in [3.8, 4) is 0 Å². The van der Waals surface area contributed by atoms with Gasteiger partial charge in [-0.2, -0.15) is 0 Å². The molecule has 0 saturated carbocycles. The summed E-state index contributed by atoms with van der Waals surface area (Å²) >= 11 is 0. The van der Waals surface area contributed by atoms with Gasteiger partial charge in [-0.05, 0) is 51.4 Å². The molecule has 0 heterocycles. The van der Waals surface area contributed by atoms with Crippen LogP contribution in [0.1, 0.15) is 354 Å². The molecule has 2 atom stereocenters. The third-order valence-corrected chi connectivity index (χ3v) is 15.0. The highest BCUT2D eigenvalue weighted by Gasteiger charge is 2.18. The summed E-state index contributed by atoms with van der Waals surface area (Å²) in [6, 6.07) is -0.626. The Morgan fingerprint density at radius 3 is 1.04 bits per heavy atom. The van der Waals surface area contributed by atoms with Gasteiger partial charge in [0.25, 0.3) is 0 Å². The largest absolute Gasteiger partial charge is 0.466 e. The van der Waals surface area contributed by atoms with Crippen molar-refractivity contribution >= 4 is 11.9 Å². The Balaban J connectivity index is 3.38. The van der Waals surface area contributed by atoms with E-state index in [1.54, 1.807) is 6.08 Å². The van der Waals surface area contributed by atoms with Gasteiger partial charge >= 0.3 is 5.97 Å². The third-order valence-electron chi connectivity index (χ3n) is 15.0. The molecule has 420 valence electrons. The van der Waals surface area contributed by atoms with Crippen LogP contribution in [0.15, 0.2) is 24.3 Å². The van der Waals surface area contributed by atoms with E-state index in [4.69, 9.17) is 4.74 Å². The van der Waals surface area contributed by atoms with Gasteiger partial charge in [0.15, 0.2) is 0 Å². The lowest BCUT2D eigenvalue weighted by Gasteiger charge is -2.20. The van der Waals surface area contributed by atoms with Crippen LogP contribution in [0.25, 0.3) is 0 Å². The molecule has 0 aliphatic heterocycles. The molecule has 6 heteroatoms. The first kappa shape index (κ1) is 69.3. The lowest BCUT2D eigenvalue weighted by atomic mass is 10.0. The molecule has 0 bridgehead atoms. The van der Waals surface area contributed by atoms with E-state index in [0.717, 1.165) is 44.9 Å². The fourth-order valence-corrected chi connectivity index (χ4v) is 10.0. The van der Waals surface area contributed by atoms with Crippen LogP contribution in [0.2, 0.25) is 0 Å². The molecular formula is C65H125NO5. The Hall–Kier alpha value is -1.66. The number of hydrogen-bond donors (Lipinski definition) is 3. The highest BCUT2D eigenvalue weighted by Crippen LogP contribution is 2.18. The number of hydrogen-bond acceptors (Lipinski definition) is 5. The molecule has 0 aromatic heterocycles. The summed E-state index contributed by atoms with van der Waals surface area (Å²) in [6.07, 6.45) is 75.2. The topological polar surface area (TPSA) is 95.9 Å². The van der Waals surface area contributed by atoms with Crippen LogP contribution in [0.3, 0.4) is 0 Å². The van der Waals surface area contributed by atoms with Crippen LogP contribution in [0.4, 0.5) is 0 Å². The quantitative estimate of drug-likeness (QED) is 0.0320. The number of unbranched alkanes of at least 4 members (excludes halogenated alkanes) is 47. The summed E-state index contributed by atoms with van der Waals surface area (Å²) in [4.78, 5) is 24.5. The standard InChI is InChI=1S/C65H125NO5/c1-3-5-7-9-11-13-15-16-17-28-31-34-38-41-45-49-53-57-63(68)62(61-67)66-64(69)58-54-50-46-42-39-35-32-29-26-24-22-20-18-19-21-23-25-27-30-33-36-40-44-48-52-56-60-71-65(70)59-55-51-47-43-37-14-12-10-8-6-4-2/h10,12,53,57,62-63,67-68H,3-9,11,13-52,54-56,58-61H2,1-2H3,(H,66,69)/b12-10-,57-53+. The van der Waals surface area contributed by atoms with Crippen LogP contribution in [0.5, 0.6) is 0 Å². The van der Waals surface area contributed by atoms with Crippen molar-refractivity contribution in [3.63, 3.8) is 0 Å². The van der Waals surface area contributed by atoms with E-state index in [1.807, 2.05) is 6.08 Å². The van der Waals surface area contributed by atoms with E-state index >= 15 is 0 Å². The van der Waals surface area contributed by atoms with Crippen LogP contribution in [-0.2, 0) is 14.3 Å². The first-order valence-corrected chi connectivity index (χ1v) is 32.1. The maximum Gasteiger partial charge on any atom is 0.305 e. The lowest BCUT2D eigenvalue weighted by molar-refractivity contribution is -0.143. The molecule has 0 radical (unpaired) electrons. The second-order valence-electron chi connectivity index (χ2n) is 22.1. The second-order valence-corrected chi connectivity index (χ2v) is 22.1. The van der Waals surface area contributed by atoms with Crippen LogP contribution in [-0.4, -0.2) is 47.4 Å². The fraction of sp³-hybridized carbons (Fsp3) is 0.908. The summed E-state index contributed by atoms with van der Waals surface area (Å²) in [5.74, 6) is -0.0572. The number of ether oxygens (including phenoxy) is 1. The third kappa shape index (κ3) is 57.5. The number of amides is 1. The van der Waals surface area contributed by atoms with Crippen molar-refractivity contribution in [2.45, 2.75) is 366 Å². The first-order valence-electron chi connectivity index (χ1n) is 32.1. The Morgan fingerprint density at radius 2 is 0.676 bits per heavy atom. The predicted molar refractivity (Wildman–Crippen MR) is 310 cm³/mol. The minimum atomic E-state index is -0.843. The van der Waals surface area contributed by atoms with Crippen molar-refractivity contribution in [1.82, 2.24) is 5.32 Å². The SMILES string of the molecule is CCCC/C=C\CCCCCCCC(=O)OCCCCCCCCCCCCCCCCCCCCCCCCCCCCC(=O)NC(CO)C(O)/C=C/CCCCCCCCCCCCCCCCC. The molecule has 0 aromatic rings. The minimum Gasteiger partial charge on any atom is -0.466 e. The maximum atomic E-state index is 12.5. The molecule has 0 fully saturated rings. The summed E-state index contributed by atoms with van der Waals surface area (Å²) in [5.41, 5.74) is 0. The Bertz CT molecular complexity index is 1110. The van der Waals surface area contributed by atoms with E-state index in [2.05, 4.69) is 31.3 Å². The normalized spacial score (nSPS) is 12.7. The molecule has 0 aliphatic carbocycles.